The van der Waals surface area contributed by atoms with E-state index >= 15 is 0 Å². The van der Waals surface area contributed by atoms with Gasteiger partial charge in [0.15, 0.2) is 0 Å². The largest absolute Gasteiger partial charge is 0.492 e. The average Bonchev–Trinajstić information content (AvgIpc) is 2.62. The summed E-state index contributed by atoms with van der Waals surface area (Å²) in [6.07, 6.45) is 0.907. The number of hydrogen-bond donors (Lipinski definition) is 1. The highest BCUT2D eigenvalue weighted by Gasteiger charge is 2.11. The smallest absolute Gasteiger partial charge is 0.321 e. The molecule has 0 aliphatic rings. The molecule has 1 N–H and O–H groups in total. The van der Waals surface area contributed by atoms with Gasteiger partial charge in [0.1, 0.15) is 18.1 Å². The average molecular weight is 363 g/mol. The lowest BCUT2D eigenvalue weighted by Crippen LogP contribution is -2.34. The SMILES string of the molecule is CCCOc1ccccc1NC(=O)N(C)CCOc1ccc(Cl)cc1. The van der Waals surface area contributed by atoms with E-state index < -0.39 is 0 Å². The second kappa shape index (κ2) is 9.79. The molecule has 0 saturated heterocycles. The summed E-state index contributed by atoms with van der Waals surface area (Å²) in [5, 5.41) is 3.52. The van der Waals surface area contributed by atoms with Crippen LogP contribution < -0.4 is 14.8 Å². The summed E-state index contributed by atoms with van der Waals surface area (Å²) in [5.74, 6) is 1.39. The predicted octanol–water partition coefficient (Wildman–Crippen LogP) is 4.67. The van der Waals surface area contributed by atoms with Gasteiger partial charge in [-0.05, 0) is 42.8 Å². The molecule has 0 radical (unpaired) electrons. The molecule has 0 atom stereocenters. The molecule has 2 rings (SSSR count). The number of nitrogens with one attached hydrogen (secondary N) is 1. The number of halogens is 1. The Morgan fingerprint density at radius 1 is 1.08 bits per heavy atom. The van der Waals surface area contributed by atoms with E-state index in [2.05, 4.69) is 5.32 Å². The van der Waals surface area contributed by atoms with E-state index in [1.165, 1.54) is 0 Å². The van der Waals surface area contributed by atoms with Crippen LogP contribution in [0.15, 0.2) is 48.5 Å². The number of hydrogen-bond acceptors (Lipinski definition) is 3. The summed E-state index contributed by atoms with van der Waals surface area (Å²) in [5.41, 5.74) is 0.659. The normalized spacial score (nSPS) is 10.2. The second-order valence-electron chi connectivity index (χ2n) is 5.50. The Bertz CT molecular complexity index is 677. The van der Waals surface area contributed by atoms with Crippen LogP contribution in [-0.4, -0.2) is 37.7 Å². The maximum atomic E-state index is 12.3. The van der Waals surface area contributed by atoms with Gasteiger partial charge >= 0.3 is 6.03 Å². The third kappa shape index (κ3) is 6.19. The highest BCUT2D eigenvalue weighted by atomic mass is 35.5. The minimum atomic E-state index is -0.216. The number of likely N-dealkylation sites (N-methyl/N-ethyl adjacent to an activating group) is 1. The number of amides is 2. The molecule has 0 aromatic heterocycles. The topological polar surface area (TPSA) is 50.8 Å². The fourth-order valence-electron chi connectivity index (χ4n) is 2.05. The molecule has 0 bridgehead atoms. The molecule has 25 heavy (non-hydrogen) atoms. The van der Waals surface area contributed by atoms with Crippen molar-refractivity contribution in [2.45, 2.75) is 13.3 Å². The van der Waals surface area contributed by atoms with Gasteiger partial charge < -0.3 is 19.7 Å². The lowest BCUT2D eigenvalue weighted by atomic mass is 10.3. The summed E-state index contributed by atoms with van der Waals surface area (Å²) in [4.78, 5) is 13.9. The molecule has 0 heterocycles. The van der Waals surface area contributed by atoms with Crippen LogP contribution in [0.3, 0.4) is 0 Å². The first kappa shape index (κ1) is 18.9. The number of carbonyl (C=O) groups is 1. The van der Waals surface area contributed by atoms with E-state index in [9.17, 15) is 4.79 Å². The quantitative estimate of drug-likeness (QED) is 0.742. The van der Waals surface area contributed by atoms with Crippen LogP contribution in [0.4, 0.5) is 10.5 Å². The van der Waals surface area contributed by atoms with Crippen LogP contribution in [0.25, 0.3) is 0 Å². The molecule has 2 amide bonds. The van der Waals surface area contributed by atoms with E-state index in [1.54, 1.807) is 36.2 Å². The fraction of sp³-hybridized carbons (Fsp3) is 0.316. The number of anilines is 1. The van der Waals surface area contributed by atoms with Crippen molar-refractivity contribution in [3.63, 3.8) is 0 Å². The van der Waals surface area contributed by atoms with Gasteiger partial charge in [0.2, 0.25) is 0 Å². The van der Waals surface area contributed by atoms with Gasteiger partial charge in [0.05, 0.1) is 18.8 Å². The minimum Gasteiger partial charge on any atom is -0.492 e. The van der Waals surface area contributed by atoms with Gasteiger partial charge in [-0.15, -0.1) is 0 Å². The van der Waals surface area contributed by atoms with Crippen molar-refractivity contribution < 1.29 is 14.3 Å². The maximum absolute atomic E-state index is 12.3. The first-order chi connectivity index (χ1) is 12.1. The van der Waals surface area contributed by atoms with Gasteiger partial charge in [-0.25, -0.2) is 4.79 Å². The summed E-state index contributed by atoms with van der Waals surface area (Å²) in [6.45, 7) is 3.49. The van der Waals surface area contributed by atoms with E-state index in [4.69, 9.17) is 21.1 Å². The van der Waals surface area contributed by atoms with Gasteiger partial charge in [-0.1, -0.05) is 30.7 Å². The van der Waals surface area contributed by atoms with Gasteiger partial charge in [-0.2, -0.15) is 0 Å². The van der Waals surface area contributed by atoms with Crippen molar-refractivity contribution in [1.29, 1.82) is 0 Å². The molecule has 2 aromatic rings. The lowest BCUT2D eigenvalue weighted by molar-refractivity contribution is 0.207. The number of urea groups is 1. The summed E-state index contributed by atoms with van der Waals surface area (Å²) < 4.78 is 11.3. The number of para-hydroxylation sites is 2. The van der Waals surface area contributed by atoms with Crippen molar-refractivity contribution in [2.75, 3.05) is 32.1 Å². The van der Waals surface area contributed by atoms with Crippen LogP contribution in [-0.2, 0) is 0 Å². The highest BCUT2D eigenvalue weighted by molar-refractivity contribution is 6.30. The van der Waals surface area contributed by atoms with Crippen molar-refractivity contribution >= 4 is 23.3 Å². The Labute approximate surface area is 153 Å². The summed E-state index contributed by atoms with van der Waals surface area (Å²) in [7, 11) is 1.72. The molecule has 2 aromatic carbocycles. The second-order valence-corrected chi connectivity index (χ2v) is 5.94. The van der Waals surface area contributed by atoms with Gasteiger partial charge in [0, 0.05) is 12.1 Å². The Morgan fingerprint density at radius 2 is 1.80 bits per heavy atom. The van der Waals surface area contributed by atoms with E-state index in [0.717, 1.165) is 12.2 Å². The fourth-order valence-corrected chi connectivity index (χ4v) is 2.18. The maximum Gasteiger partial charge on any atom is 0.321 e. The molecule has 5 nitrogen and oxygen atoms in total. The van der Waals surface area contributed by atoms with Crippen molar-refractivity contribution in [3.8, 4) is 11.5 Å². The number of nitrogens with zero attached hydrogens (tertiary/aromatic N) is 1. The molecule has 0 fully saturated rings. The Balaban J connectivity index is 1.83. The van der Waals surface area contributed by atoms with Crippen LogP contribution in [0.1, 0.15) is 13.3 Å². The standard InChI is InChI=1S/C19H23ClN2O3/c1-3-13-25-18-7-5-4-6-17(18)21-19(23)22(2)12-14-24-16-10-8-15(20)9-11-16/h4-11H,3,12-14H2,1-2H3,(H,21,23). The number of benzene rings is 2. The zero-order chi connectivity index (χ0) is 18.1. The first-order valence-electron chi connectivity index (χ1n) is 8.22. The molecule has 0 saturated carbocycles. The zero-order valence-corrected chi connectivity index (χ0v) is 15.3. The molecular weight excluding hydrogens is 340 g/mol. The molecule has 0 unspecified atom stereocenters. The van der Waals surface area contributed by atoms with Crippen LogP contribution in [0, 0.1) is 0 Å². The molecule has 6 heteroatoms. The zero-order valence-electron chi connectivity index (χ0n) is 14.5. The molecule has 134 valence electrons. The van der Waals surface area contributed by atoms with Crippen molar-refractivity contribution in [2.24, 2.45) is 0 Å². The van der Waals surface area contributed by atoms with Gasteiger partial charge in [0.25, 0.3) is 0 Å². The van der Waals surface area contributed by atoms with Gasteiger partial charge in [-0.3, -0.25) is 0 Å². The predicted molar refractivity (Wildman–Crippen MR) is 101 cm³/mol. The number of carbonyl (C=O) groups excluding carboxylic acids is 1. The molecular formula is C19H23ClN2O3. The molecule has 0 aliphatic carbocycles. The lowest BCUT2D eigenvalue weighted by Gasteiger charge is -2.19. The summed E-state index contributed by atoms with van der Waals surface area (Å²) in [6, 6.07) is 14.3. The summed E-state index contributed by atoms with van der Waals surface area (Å²) >= 11 is 5.83. The Kier molecular flexibility index (Phi) is 7.41. The third-order valence-corrected chi connectivity index (χ3v) is 3.70. The monoisotopic (exact) mass is 362 g/mol. The van der Waals surface area contributed by atoms with Crippen molar-refractivity contribution in [1.82, 2.24) is 4.90 Å². The van der Waals surface area contributed by atoms with E-state index in [0.29, 0.717) is 36.2 Å². The number of rotatable bonds is 8. The van der Waals surface area contributed by atoms with Crippen LogP contribution in [0.2, 0.25) is 5.02 Å². The highest BCUT2D eigenvalue weighted by Crippen LogP contribution is 2.24. The third-order valence-electron chi connectivity index (χ3n) is 3.45. The molecule has 0 aliphatic heterocycles. The van der Waals surface area contributed by atoms with Crippen LogP contribution in [0.5, 0.6) is 11.5 Å². The van der Waals surface area contributed by atoms with Crippen LogP contribution >= 0.6 is 11.6 Å². The Morgan fingerprint density at radius 3 is 2.52 bits per heavy atom. The van der Waals surface area contributed by atoms with E-state index in [1.807, 2.05) is 31.2 Å². The minimum absolute atomic E-state index is 0.216. The first-order valence-corrected chi connectivity index (χ1v) is 8.60. The number of ether oxygens (including phenoxy) is 2. The molecule has 0 spiro atoms. The Hall–Kier alpha value is -2.40. The van der Waals surface area contributed by atoms with E-state index in [-0.39, 0.29) is 6.03 Å². The van der Waals surface area contributed by atoms with Crippen molar-refractivity contribution in [3.05, 3.63) is 53.6 Å².